The Morgan fingerprint density at radius 2 is 1.92 bits per heavy atom. The SMILES string of the molecule is CCOC(=O)Cn1c(C(F)(F)F)nc2oc(-c3ccccc3)nc2c1=O. The molecule has 0 unspecified atom stereocenters. The van der Waals surface area contributed by atoms with Crippen molar-refractivity contribution in [3.8, 4) is 11.5 Å². The summed E-state index contributed by atoms with van der Waals surface area (Å²) in [5.74, 6) is -2.60. The first kappa shape index (κ1) is 17.6. The molecule has 0 aliphatic carbocycles. The van der Waals surface area contributed by atoms with Gasteiger partial charge in [0.05, 0.1) is 6.61 Å². The van der Waals surface area contributed by atoms with Crippen molar-refractivity contribution in [3.63, 3.8) is 0 Å². The molecule has 0 aliphatic rings. The van der Waals surface area contributed by atoms with E-state index in [4.69, 9.17) is 4.42 Å². The quantitative estimate of drug-likeness (QED) is 0.659. The summed E-state index contributed by atoms with van der Waals surface area (Å²) in [6.45, 7) is 0.529. The van der Waals surface area contributed by atoms with E-state index in [1.54, 1.807) is 30.3 Å². The number of carbonyl (C=O) groups is 1. The molecule has 26 heavy (non-hydrogen) atoms. The van der Waals surface area contributed by atoms with Crippen molar-refractivity contribution < 1.29 is 27.1 Å². The third kappa shape index (κ3) is 3.30. The summed E-state index contributed by atoms with van der Waals surface area (Å²) in [7, 11) is 0. The van der Waals surface area contributed by atoms with Crippen LogP contribution in [0.15, 0.2) is 39.5 Å². The fourth-order valence-electron chi connectivity index (χ4n) is 2.31. The third-order valence-corrected chi connectivity index (χ3v) is 3.39. The number of hydrogen-bond donors (Lipinski definition) is 0. The lowest BCUT2D eigenvalue weighted by Gasteiger charge is -2.12. The Hall–Kier alpha value is -3.17. The first-order chi connectivity index (χ1) is 12.3. The van der Waals surface area contributed by atoms with Crippen molar-refractivity contribution >= 4 is 17.2 Å². The highest BCUT2D eigenvalue weighted by atomic mass is 19.4. The van der Waals surface area contributed by atoms with Crippen LogP contribution < -0.4 is 5.56 Å². The lowest BCUT2D eigenvalue weighted by molar-refractivity contribution is -0.151. The van der Waals surface area contributed by atoms with E-state index in [-0.39, 0.29) is 17.1 Å². The van der Waals surface area contributed by atoms with E-state index in [0.717, 1.165) is 0 Å². The second kappa shape index (κ2) is 6.62. The summed E-state index contributed by atoms with van der Waals surface area (Å²) in [5, 5.41) is 0. The maximum Gasteiger partial charge on any atom is 0.449 e. The highest BCUT2D eigenvalue weighted by molar-refractivity contribution is 5.73. The lowest BCUT2D eigenvalue weighted by Crippen LogP contribution is -2.33. The predicted molar refractivity (Wildman–Crippen MR) is 83.1 cm³/mol. The Labute approximate surface area is 144 Å². The first-order valence-electron chi connectivity index (χ1n) is 7.51. The molecule has 0 saturated heterocycles. The molecule has 10 heteroatoms. The molecule has 1 aromatic carbocycles. The zero-order valence-electron chi connectivity index (χ0n) is 13.4. The van der Waals surface area contributed by atoms with E-state index in [1.807, 2.05) is 0 Å². The number of ether oxygens (including phenoxy) is 1. The van der Waals surface area contributed by atoms with Gasteiger partial charge < -0.3 is 9.15 Å². The number of halogens is 3. The number of nitrogens with zero attached hydrogens (tertiary/aromatic N) is 3. The number of oxazole rings is 1. The maximum absolute atomic E-state index is 13.3. The van der Waals surface area contributed by atoms with Crippen molar-refractivity contribution in [1.29, 1.82) is 0 Å². The van der Waals surface area contributed by atoms with E-state index in [1.165, 1.54) is 6.92 Å². The van der Waals surface area contributed by atoms with Gasteiger partial charge in [-0.25, -0.2) is 4.98 Å². The molecule has 0 bridgehead atoms. The monoisotopic (exact) mass is 367 g/mol. The molecule has 0 radical (unpaired) electrons. The van der Waals surface area contributed by atoms with Crippen molar-refractivity contribution in [2.24, 2.45) is 0 Å². The van der Waals surface area contributed by atoms with E-state index < -0.39 is 41.3 Å². The number of rotatable bonds is 4. The normalized spacial score (nSPS) is 11.7. The second-order valence-corrected chi connectivity index (χ2v) is 5.17. The lowest BCUT2D eigenvalue weighted by atomic mass is 10.2. The van der Waals surface area contributed by atoms with Crippen LogP contribution in [0.3, 0.4) is 0 Å². The van der Waals surface area contributed by atoms with Gasteiger partial charge in [0, 0.05) is 5.56 Å². The number of fused-ring (bicyclic) bond motifs is 1. The largest absolute Gasteiger partial charge is 0.465 e. The number of benzene rings is 1. The highest BCUT2D eigenvalue weighted by Crippen LogP contribution is 2.29. The molecule has 0 saturated carbocycles. The van der Waals surface area contributed by atoms with Crippen molar-refractivity contribution in [2.45, 2.75) is 19.6 Å². The average Bonchev–Trinajstić information content (AvgIpc) is 3.02. The van der Waals surface area contributed by atoms with Gasteiger partial charge in [-0.1, -0.05) is 18.2 Å². The van der Waals surface area contributed by atoms with E-state index in [2.05, 4.69) is 14.7 Å². The first-order valence-corrected chi connectivity index (χ1v) is 7.51. The van der Waals surface area contributed by atoms with Crippen molar-refractivity contribution in [2.75, 3.05) is 6.61 Å². The molecule has 3 aromatic rings. The Balaban J connectivity index is 2.20. The minimum atomic E-state index is -4.97. The van der Waals surface area contributed by atoms with Crippen LogP contribution in [-0.4, -0.2) is 27.1 Å². The summed E-state index contributed by atoms with van der Waals surface area (Å²) in [4.78, 5) is 31.4. The molecule has 2 aromatic heterocycles. The van der Waals surface area contributed by atoms with Crippen LogP contribution in [0.4, 0.5) is 13.2 Å². The topological polar surface area (TPSA) is 87.2 Å². The summed E-state index contributed by atoms with van der Waals surface area (Å²) < 4.78 is 49.9. The summed E-state index contributed by atoms with van der Waals surface area (Å²) >= 11 is 0. The zero-order chi connectivity index (χ0) is 18.9. The molecule has 0 atom stereocenters. The van der Waals surface area contributed by atoms with Gasteiger partial charge in [0.1, 0.15) is 6.54 Å². The maximum atomic E-state index is 13.3. The van der Waals surface area contributed by atoms with Crippen LogP contribution >= 0.6 is 0 Å². The van der Waals surface area contributed by atoms with Gasteiger partial charge in [-0.3, -0.25) is 14.2 Å². The Morgan fingerprint density at radius 1 is 1.23 bits per heavy atom. The fraction of sp³-hybridized carbons (Fsp3) is 0.250. The molecule has 0 spiro atoms. The van der Waals surface area contributed by atoms with Crippen LogP contribution in [0.1, 0.15) is 12.7 Å². The van der Waals surface area contributed by atoms with Gasteiger partial charge in [-0.15, -0.1) is 0 Å². The second-order valence-electron chi connectivity index (χ2n) is 5.17. The average molecular weight is 367 g/mol. The minimum absolute atomic E-state index is 0.0350. The molecule has 0 amide bonds. The van der Waals surface area contributed by atoms with E-state index in [9.17, 15) is 22.8 Å². The number of carbonyl (C=O) groups excluding carboxylic acids is 1. The van der Waals surface area contributed by atoms with Crippen LogP contribution in [0.25, 0.3) is 22.7 Å². The van der Waals surface area contributed by atoms with Gasteiger partial charge >= 0.3 is 12.1 Å². The molecule has 136 valence electrons. The third-order valence-electron chi connectivity index (χ3n) is 3.39. The number of aromatic nitrogens is 3. The van der Waals surface area contributed by atoms with Crippen LogP contribution in [0, 0.1) is 0 Å². The molecular weight excluding hydrogens is 355 g/mol. The standard InChI is InChI=1S/C16H12F3N3O4/c1-2-25-10(23)8-22-14(24)11-13(21-15(22)16(17,18)19)26-12(20-11)9-6-4-3-5-7-9/h3-7H,2,8H2,1H3. The highest BCUT2D eigenvalue weighted by Gasteiger charge is 2.39. The minimum Gasteiger partial charge on any atom is -0.465 e. The van der Waals surface area contributed by atoms with Crippen molar-refractivity contribution in [3.05, 3.63) is 46.5 Å². The van der Waals surface area contributed by atoms with Gasteiger partial charge in [0.15, 0.2) is 5.52 Å². The summed E-state index contributed by atoms with van der Waals surface area (Å²) in [6, 6.07) is 8.33. The molecule has 7 nitrogen and oxygen atoms in total. The molecule has 0 fully saturated rings. The molecule has 3 rings (SSSR count). The Morgan fingerprint density at radius 3 is 2.54 bits per heavy atom. The van der Waals surface area contributed by atoms with Gasteiger partial charge in [0.25, 0.3) is 11.3 Å². The van der Waals surface area contributed by atoms with Gasteiger partial charge in [-0.05, 0) is 19.1 Å². The van der Waals surface area contributed by atoms with Crippen LogP contribution in [0.2, 0.25) is 0 Å². The molecule has 0 aliphatic heterocycles. The summed E-state index contributed by atoms with van der Waals surface area (Å²) in [5.41, 5.74) is -1.63. The van der Waals surface area contributed by atoms with Crippen LogP contribution in [-0.2, 0) is 22.3 Å². The molecular formula is C16H12F3N3O4. The fourth-order valence-corrected chi connectivity index (χ4v) is 2.31. The van der Waals surface area contributed by atoms with E-state index >= 15 is 0 Å². The predicted octanol–water partition coefficient (Wildman–Crippen LogP) is 2.63. The van der Waals surface area contributed by atoms with Gasteiger partial charge in [0.2, 0.25) is 11.7 Å². The Bertz CT molecular complexity index is 1010. The number of hydrogen-bond acceptors (Lipinski definition) is 6. The molecule has 2 heterocycles. The number of esters is 1. The summed E-state index contributed by atoms with van der Waals surface area (Å²) in [6.07, 6.45) is -4.97. The van der Waals surface area contributed by atoms with Crippen molar-refractivity contribution in [1.82, 2.24) is 14.5 Å². The van der Waals surface area contributed by atoms with Gasteiger partial charge in [-0.2, -0.15) is 18.2 Å². The Kier molecular flexibility index (Phi) is 4.49. The van der Waals surface area contributed by atoms with E-state index in [0.29, 0.717) is 5.56 Å². The molecule has 0 N–H and O–H groups in total. The smallest absolute Gasteiger partial charge is 0.449 e. The van der Waals surface area contributed by atoms with Crippen LogP contribution in [0.5, 0.6) is 0 Å². The number of alkyl halides is 3. The zero-order valence-corrected chi connectivity index (χ0v) is 13.4.